The van der Waals surface area contributed by atoms with E-state index in [1.165, 1.54) is 0 Å². The van der Waals surface area contributed by atoms with E-state index in [0.29, 0.717) is 5.92 Å². The Hall–Kier alpha value is -1.83. The van der Waals surface area contributed by atoms with E-state index in [2.05, 4.69) is 25.2 Å². The van der Waals surface area contributed by atoms with Crippen LogP contribution in [0.4, 0.5) is 0 Å². The fourth-order valence-electron chi connectivity index (χ4n) is 2.29. The fourth-order valence-corrected chi connectivity index (χ4v) is 2.29. The zero-order valence-corrected chi connectivity index (χ0v) is 10.8. The third kappa shape index (κ3) is 2.53. The van der Waals surface area contributed by atoms with Crippen molar-refractivity contribution in [2.75, 3.05) is 0 Å². The summed E-state index contributed by atoms with van der Waals surface area (Å²) in [6.07, 6.45) is 7.52. The van der Waals surface area contributed by atoms with E-state index in [9.17, 15) is 9.90 Å². The highest BCUT2D eigenvalue weighted by molar-refractivity contribution is 5.83. The molecule has 0 spiro atoms. The molecular formula is C16H18O2. The van der Waals surface area contributed by atoms with Crippen LogP contribution in [0.1, 0.15) is 37.3 Å². The van der Waals surface area contributed by atoms with Crippen molar-refractivity contribution in [2.24, 2.45) is 5.92 Å². The SMILES string of the molecule is CC1C=C(c2ccccc2C(C)C(=O)O)C=CC1. The summed E-state index contributed by atoms with van der Waals surface area (Å²) < 4.78 is 0. The summed E-state index contributed by atoms with van der Waals surface area (Å²) >= 11 is 0. The molecule has 1 aliphatic rings. The van der Waals surface area contributed by atoms with Crippen molar-refractivity contribution in [3.05, 3.63) is 53.6 Å². The van der Waals surface area contributed by atoms with Gasteiger partial charge in [-0.15, -0.1) is 0 Å². The van der Waals surface area contributed by atoms with Crippen LogP contribution in [0.2, 0.25) is 0 Å². The van der Waals surface area contributed by atoms with Crippen LogP contribution < -0.4 is 0 Å². The van der Waals surface area contributed by atoms with Crippen molar-refractivity contribution >= 4 is 11.5 Å². The van der Waals surface area contributed by atoms with Gasteiger partial charge in [-0.05, 0) is 36.0 Å². The van der Waals surface area contributed by atoms with Gasteiger partial charge in [-0.1, -0.05) is 49.4 Å². The summed E-state index contributed by atoms with van der Waals surface area (Å²) in [5, 5.41) is 9.17. The minimum absolute atomic E-state index is 0.479. The fraction of sp³-hybridized carbons (Fsp3) is 0.312. The molecule has 18 heavy (non-hydrogen) atoms. The lowest BCUT2D eigenvalue weighted by molar-refractivity contribution is -0.138. The number of hydrogen-bond donors (Lipinski definition) is 1. The van der Waals surface area contributed by atoms with Gasteiger partial charge in [0.25, 0.3) is 0 Å². The van der Waals surface area contributed by atoms with Gasteiger partial charge >= 0.3 is 5.97 Å². The van der Waals surface area contributed by atoms with Crippen molar-refractivity contribution in [3.63, 3.8) is 0 Å². The van der Waals surface area contributed by atoms with Crippen LogP contribution in [0.5, 0.6) is 0 Å². The topological polar surface area (TPSA) is 37.3 Å². The van der Waals surface area contributed by atoms with Crippen LogP contribution in [0, 0.1) is 5.92 Å². The largest absolute Gasteiger partial charge is 0.481 e. The van der Waals surface area contributed by atoms with Crippen LogP contribution in [-0.4, -0.2) is 11.1 Å². The molecule has 2 rings (SSSR count). The van der Waals surface area contributed by atoms with Gasteiger partial charge in [-0.2, -0.15) is 0 Å². The zero-order valence-electron chi connectivity index (χ0n) is 10.8. The molecule has 2 unspecified atom stereocenters. The molecule has 1 N–H and O–H groups in total. The van der Waals surface area contributed by atoms with Crippen molar-refractivity contribution in [2.45, 2.75) is 26.2 Å². The minimum atomic E-state index is -0.782. The Labute approximate surface area is 108 Å². The van der Waals surface area contributed by atoms with Gasteiger partial charge in [-0.25, -0.2) is 0 Å². The van der Waals surface area contributed by atoms with E-state index in [0.717, 1.165) is 23.1 Å². The van der Waals surface area contributed by atoms with Gasteiger partial charge in [0.2, 0.25) is 0 Å². The van der Waals surface area contributed by atoms with Crippen LogP contribution >= 0.6 is 0 Å². The highest BCUT2D eigenvalue weighted by Crippen LogP contribution is 2.30. The Balaban J connectivity index is 2.45. The second kappa shape index (κ2) is 5.21. The normalized spacial score (nSPS) is 20.3. The smallest absolute Gasteiger partial charge is 0.310 e. The van der Waals surface area contributed by atoms with E-state index < -0.39 is 11.9 Å². The van der Waals surface area contributed by atoms with Gasteiger partial charge in [0.1, 0.15) is 0 Å². The van der Waals surface area contributed by atoms with Gasteiger partial charge < -0.3 is 5.11 Å². The van der Waals surface area contributed by atoms with Crippen LogP contribution in [-0.2, 0) is 4.79 Å². The molecule has 2 nitrogen and oxygen atoms in total. The zero-order chi connectivity index (χ0) is 13.1. The molecule has 0 saturated heterocycles. The molecule has 0 aliphatic heterocycles. The Morgan fingerprint density at radius 1 is 1.39 bits per heavy atom. The molecule has 0 bridgehead atoms. The average molecular weight is 242 g/mol. The van der Waals surface area contributed by atoms with Gasteiger partial charge in [0.05, 0.1) is 5.92 Å². The predicted octanol–water partition coefficient (Wildman–Crippen LogP) is 3.85. The lowest BCUT2D eigenvalue weighted by atomic mass is 9.87. The first-order chi connectivity index (χ1) is 8.59. The van der Waals surface area contributed by atoms with Crippen LogP contribution in [0.15, 0.2) is 42.5 Å². The van der Waals surface area contributed by atoms with Crippen LogP contribution in [0.3, 0.4) is 0 Å². The molecule has 2 atom stereocenters. The Morgan fingerprint density at radius 3 is 2.78 bits per heavy atom. The number of aliphatic carboxylic acids is 1. The molecule has 0 radical (unpaired) electrons. The average Bonchev–Trinajstić information content (AvgIpc) is 2.38. The molecule has 0 aromatic heterocycles. The Morgan fingerprint density at radius 2 is 2.11 bits per heavy atom. The van der Waals surface area contributed by atoms with Crippen molar-refractivity contribution in [1.29, 1.82) is 0 Å². The summed E-state index contributed by atoms with van der Waals surface area (Å²) in [7, 11) is 0. The lowest BCUT2D eigenvalue weighted by Crippen LogP contribution is -2.10. The maximum atomic E-state index is 11.2. The molecule has 94 valence electrons. The summed E-state index contributed by atoms with van der Waals surface area (Å²) in [6.45, 7) is 3.91. The number of hydrogen-bond acceptors (Lipinski definition) is 1. The molecule has 0 amide bonds. The van der Waals surface area contributed by atoms with Crippen molar-refractivity contribution in [1.82, 2.24) is 0 Å². The summed E-state index contributed by atoms with van der Waals surface area (Å²) in [5.41, 5.74) is 3.06. The molecule has 1 aliphatic carbocycles. The number of carboxylic acids is 1. The second-order valence-corrected chi connectivity index (χ2v) is 4.88. The standard InChI is InChI=1S/C16H18O2/c1-11-6-5-7-13(10-11)15-9-4-3-8-14(15)12(2)16(17)18/h3-5,7-12H,6H2,1-2H3,(H,17,18). The molecule has 0 heterocycles. The second-order valence-electron chi connectivity index (χ2n) is 4.88. The van der Waals surface area contributed by atoms with Gasteiger partial charge in [0, 0.05) is 0 Å². The number of allylic oxidation sites excluding steroid dienone is 4. The molecule has 2 heteroatoms. The lowest BCUT2D eigenvalue weighted by Gasteiger charge is -2.17. The van der Waals surface area contributed by atoms with E-state index in [-0.39, 0.29) is 0 Å². The predicted molar refractivity (Wildman–Crippen MR) is 73.4 cm³/mol. The monoisotopic (exact) mass is 242 g/mol. The first kappa shape index (κ1) is 12.6. The Kier molecular flexibility index (Phi) is 3.66. The van der Waals surface area contributed by atoms with E-state index in [1.807, 2.05) is 24.3 Å². The Bertz CT molecular complexity index is 512. The highest BCUT2D eigenvalue weighted by atomic mass is 16.4. The van der Waals surface area contributed by atoms with E-state index in [4.69, 9.17) is 0 Å². The number of carboxylic acid groups (broad SMARTS) is 1. The summed E-state index contributed by atoms with van der Waals surface area (Å²) in [4.78, 5) is 11.2. The maximum absolute atomic E-state index is 11.2. The highest BCUT2D eigenvalue weighted by Gasteiger charge is 2.18. The quantitative estimate of drug-likeness (QED) is 0.874. The number of carbonyl (C=O) groups is 1. The van der Waals surface area contributed by atoms with Crippen molar-refractivity contribution < 1.29 is 9.90 Å². The maximum Gasteiger partial charge on any atom is 0.310 e. The molecule has 0 fully saturated rings. The summed E-state index contributed by atoms with van der Waals surface area (Å²) in [5.74, 6) is -0.748. The van der Waals surface area contributed by atoms with Gasteiger partial charge in [-0.3, -0.25) is 4.79 Å². The third-order valence-electron chi connectivity index (χ3n) is 3.38. The van der Waals surface area contributed by atoms with E-state index in [1.54, 1.807) is 6.92 Å². The molecule has 1 aromatic rings. The molecule has 0 saturated carbocycles. The van der Waals surface area contributed by atoms with Crippen molar-refractivity contribution in [3.8, 4) is 0 Å². The molecular weight excluding hydrogens is 224 g/mol. The minimum Gasteiger partial charge on any atom is -0.481 e. The van der Waals surface area contributed by atoms with Gasteiger partial charge in [0.15, 0.2) is 0 Å². The van der Waals surface area contributed by atoms with Crippen LogP contribution in [0.25, 0.3) is 5.57 Å². The first-order valence-electron chi connectivity index (χ1n) is 6.30. The summed E-state index contributed by atoms with van der Waals surface area (Å²) in [6, 6.07) is 7.77. The first-order valence-corrected chi connectivity index (χ1v) is 6.30. The number of rotatable bonds is 3. The van der Waals surface area contributed by atoms with E-state index >= 15 is 0 Å². The third-order valence-corrected chi connectivity index (χ3v) is 3.38. The number of benzene rings is 1. The molecule has 1 aromatic carbocycles.